The molecule has 1 amide bonds. The number of carbonyl (C=O) groups excluding carboxylic acids is 1. The van der Waals surface area contributed by atoms with Crippen molar-refractivity contribution in [2.45, 2.75) is 0 Å². The molecule has 86 valence electrons. The summed E-state index contributed by atoms with van der Waals surface area (Å²) in [6, 6.07) is 7.39. The van der Waals surface area contributed by atoms with Gasteiger partial charge in [0.05, 0.1) is 5.69 Å². The van der Waals surface area contributed by atoms with Crippen LogP contribution in [0.2, 0.25) is 0 Å². The third-order valence-electron chi connectivity index (χ3n) is 1.82. The number of thiocarbonyl (C=S) groups is 1. The van der Waals surface area contributed by atoms with Gasteiger partial charge in [0.15, 0.2) is 5.11 Å². The van der Waals surface area contributed by atoms with Crippen LogP contribution in [-0.4, -0.2) is 30.5 Å². The minimum absolute atomic E-state index is 0.577. The van der Waals surface area contributed by atoms with E-state index in [0.717, 1.165) is 11.4 Å². The predicted octanol–water partition coefficient (Wildman–Crippen LogP) is 1.02. The van der Waals surface area contributed by atoms with Gasteiger partial charge >= 0.3 is 0 Å². The number of anilines is 2. The maximum Gasteiger partial charge on any atom is 0.225 e. The van der Waals surface area contributed by atoms with E-state index < -0.39 is 0 Å². The standard InChI is InChI=1S/C10H14N4OS/c1-14(2)10(16)12-8-3-5-9(6-4-8)13-11-7-15/h3-7,13H,1-2H3,(H,11,15)(H,12,16). The Kier molecular flexibility index (Phi) is 4.53. The van der Waals surface area contributed by atoms with Crippen LogP contribution in [0.4, 0.5) is 11.4 Å². The summed E-state index contributed by atoms with van der Waals surface area (Å²) in [5, 5.41) is 3.71. The molecule has 1 rings (SSSR count). The van der Waals surface area contributed by atoms with Gasteiger partial charge < -0.3 is 10.2 Å². The highest BCUT2D eigenvalue weighted by Gasteiger charge is 1.99. The number of benzene rings is 1. The molecular weight excluding hydrogens is 224 g/mol. The van der Waals surface area contributed by atoms with Gasteiger partial charge in [0.25, 0.3) is 0 Å². The number of hydrogen-bond donors (Lipinski definition) is 3. The highest BCUT2D eigenvalue weighted by atomic mass is 32.1. The Balaban J connectivity index is 2.57. The summed E-state index contributed by atoms with van der Waals surface area (Å²) >= 11 is 5.10. The molecule has 16 heavy (non-hydrogen) atoms. The zero-order valence-electron chi connectivity index (χ0n) is 9.15. The van der Waals surface area contributed by atoms with E-state index in [-0.39, 0.29) is 0 Å². The monoisotopic (exact) mass is 238 g/mol. The molecule has 0 saturated heterocycles. The molecule has 0 atom stereocenters. The van der Waals surface area contributed by atoms with Gasteiger partial charge in [0.1, 0.15) is 0 Å². The van der Waals surface area contributed by atoms with Crippen LogP contribution in [0.1, 0.15) is 0 Å². The zero-order valence-corrected chi connectivity index (χ0v) is 9.97. The maximum atomic E-state index is 10.1. The van der Waals surface area contributed by atoms with E-state index in [2.05, 4.69) is 16.2 Å². The first-order valence-electron chi connectivity index (χ1n) is 4.67. The number of nitrogens with zero attached hydrogens (tertiary/aromatic N) is 1. The highest BCUT2D eigenvalue weighted by Crippen LogP contribution is 2.12. The molecular formula is C10H14N4OS. The first-order valence-corrected chi connectivity index (χ1v) is 5.08. The van der Waals surface area contributed by atoms with Gasteiger partial charge in [-0.1, -0.05) is 0 Å². The van der Waals surface area contributed by atoms with Crippen LogP contribution < -0.4 is 16.2 Å². The van der Waals surface area contributed by atoms with Crippen molar-refractivity contribution in [2.75, 3.05) is 24.8 Å². The van der Waals surface area contributed by atoms with E-state index in [1.807, 2.05) is 43.3 Å². The number of amides is 1. The lowest BCUT2D eigenvalue weighted by molar-refractivity contribution is -0.109. The van der Waals surface area contributed by atoms with E-state index in [1.165, 1.54) is 0 Å². The van der Waals surface area contributed by atoms with Crippen LogP contribution in [0.3, 0.4) is 0 Å². The van der Waals surface area contributed by atoms with Gasteiger partial charge in [-0.3, -0.25) is 15.6 Å². The second-order valence-corrected chi connectivity index (χ2v) is 3.68. The molecule has 0 bridgehead atoms. The van der Waals surface area contributed by atoms with Crippen molar-refractivity contribution in [3.05, 3.63) is 24.3 Å². The van der Waals surface area contributed by atoms with Crippen molar-refractivity contribution >= 4 is 35.1 Å². The second kappa shape index (κ2) is 5.92. The molecule has 6 heteroatoms. The van der Waals surface area contributed by atoms with Gasteiger partial charge in [0.2, 0.25) is 6.41 Å². The smallest absolute Gasteiger partial charge is 0.225 e. The molecule has 1 aromatic carbocycles. The topological polar surface area (TPSA) is 56.4 Å². The summed E-state index contributed by atoms with van der Waals surface area (Å²) in [7, 11) is 3.75. The average Bonchev–Trinajstić information content (AvgIpc) is 2.28. The summed E-state index contributed by atoms with van der Waals surface area (Å²) in [5.74, 6) is 0. The molecule has 0 spiro atoms. The normalized spacial score (nSPS) is 9.12. The average molecular weight is 238 g/mol. The van der Waals surface area contributed by atoms with Crippen molar-refractivity contribution in [2.24, 2.45) is 0 Å². The third kappa shape index (κ3) is 3.74. The Labute approximate surface area is 99.8 Å². The van der Waals surface area contributed by atoms with Crippen LogP contribution >= 0.6 is 12.2 Å². The highest BCUT2D eigenvalue weighted by molar-refractivity contribution is 7.80. The Morgan fingerprint density at radius 1 is 1.25 bits per heavy atom. The summed E-state index contributed by atoms with van der Waals surface area (Å²) < 4.78 is 0. The first-order chi connectivity index (χ1) is 7.63. The van der Waals surface area contributed by atoms with Crippen LogP contribution in [0.25, 0.3) is 0 Å². The molecule has 0 saturated carbocycles. The SMILES string of the molecule is CN(C)C(=S)Nc1ccc(NNC=O)cc1. The molecule has 0 radical (unpaired) electrons. The number of hydrazine groups is 1. The number of hydrogen-bond acceptors (Lipinski definition) is 3. The minimum atomic E-state index is 0.577. The molecule has 0 heterocycles. The Bertz CT molecular complexity index is 364. The van der Waals surface area contributed by atoms with Gasteiger partial charge in [0, 0.05) is 19.8 Å². The van der Waals surface area contributed by atoms with Gasteiger partial charge in [-0.05, 0) is 36.5 Å². The van der Waals surface area contributed by atoms with Crippen LogP contribution in [0.5, 0.6) is 0 Å². The number of nitrogens with one attached hydrogen (secondary N) is 3. The van der Waals surface area contributed by atoms with Crippen LogP contribution in [-0.2, 0) is 4.79 Å². The molecule has 0 unspecified atom stereocenters. The fraction of sp³-hybridized carbons (Fsp3) is 0.200. The lowest BCUT2D eigenvalue weighted by Crippen LogP contribution is -2.27. The number of carbonyl (C=O) groups is 1. The molecule has 0 fully saturated rings. The summed E-state index contributed by atoms with van der Waals surface area (Å²) in [6.07, 6.45) is 0.577. The van der Waals surface area contributed by atoms with Crippen molar-refractivity contribution in [3.63, 3.8) is 0 Å². The Hall–Kier alpha value is -1.82. The summed E-state index contributed by atoms with van der Waals surface area (Å²) in [4.78, 5) is 11.9. The lowest BCUT2D eigenvalue weighted by atomic mass is 10.3. The van der Waals surface area contributed by atoms with E-state index in [0.29, 0.717) is 11.5 Å². The van der Waals surface area contributed by atoms with Crippen molar-refractivity contribution in [1.82, 2.24) is 10.3 Å². The molecule has 0 aliphatic heterocycles. The van der Waals surface area contributed by atoms with E-state index in [9.17, 15) is 4.79 Å². The number of rotatable bonds is 4. The maximum absolute atomic E-state index is 10.1. The molecule has 1 aromatic rings. The first kappa shape index (κ1) is 12.3. The van der Waals surface area contributed by atoms with Gasteiger partial charge in [-0.15, -0.1) is 0 Å². The van der Waals surface area contributed by atoms with Crippen LogP contribution in [0, 0.1) is 0 Å². The summed E-state index contributed by atoms with van der Waals surface area (Å²) in [5.41, 5.74) is 6.76. The van der Waals surface area contributed by atoms with Crippen LogP contribution in [0.15, 0.2) is 24.3 Å². The molecule has 0 aliphatic carbocycles. The summed E-state index contributed by atoms with van der Waals surface area (Å²) in [6.45, 7) is 0. The molecule has 0 aliphatic rings. The fourth-order valence-corrected chi connectivity index (χ4v) is 1.10. The van der Waals surface area contributed by atoms with Crippen molar-refractivity contribution < 1.29 is 4.79 Å². The minimum Gasteiger partial charge on any atom is -0.355 e. The van der Waals surface area contributed by atoms with E-state index in [1.54, 1.807) is 0 Å². The second-order valence-electron chi connectivity index (χ2n) is 3.29. The Morgan fingerprint density at radius 2 is 1.81 bits per heavy atom. The third-order valence-corrected chi connectivity index (χ3v) is 2.28. The van der Waals surface area contributed by atoms with E-state index in [4.69, 9.17) is 12.2 Å². The van der Waals surface area contributed by atoms with E-state index >= 15 is 0 Å². The Morgan fingerprint density at radius 3 is 2.31 bits per heavy atom. The van der Waals surface area contributed by atoms with Crippen molar-refractivity contribution in [1.29, 1.82) is 0 Å². The fourth-order valence-electron chi connectivity index (χ4n) is 0.985. The predicted molar refractivity (Wildman–Crippen MR) is 69.2 cm³/mol. The lowest BCUT2D eigenvalue weighted by Gasteiger charge is -2.15. The van der Waals surface area contributed by atoms with Crippen molar-refractivity contribution in [3.8, 4) is 0 Å². The zero-order chi connectivity index (χ0) is 12.0. The quantitative estimate of drug-likeness (QED) is 0.415. The largest absolute Gasteiger partial charge is 0.355 e. The molecule has 0 aromatic heterocycles. The molecule has 3 N–H and O–H groups in total. The van der Waals surface area contributed by atoms with Gasteiger partial charge in [-0.25, -0.2) is 0 Å². The van der Waals surface area contributed by atoms with Gasteiger partial charge in [-0.2, -0.15) is 0 Å². The molecule has 5 nitrogen and oxygen atoms in total.